The van der Waals surface area contributed by atoms with E-state index in [1.54, 1.807) is 61.1 Å². The van der Waals surface area contributed by atoms with Crippen LogP contribution in [-0.2, 0) is 4.74 Å². The van der Waals surface area contributed by atoms with Crippen LogP contribution in [0.2, 0.25) is 0 Å². The number of rotatable bonds is 5. The van der Waals surface area contributed by atoms with Gasteiger partial charge in [0.15, 0.2) is 0 Å². The lowest BCUT2D eigenvalue weighted by atomic mass is 10.1. The van der Waals surface area contributed by atoms with E-state index in [1.807, 2.05) is 0 Å². The minimum atomic E-state index is -0.444. The van der Waals surface area contributed by atoms with Crippen molar-refractivity contribution in [3.63, 3.8) is 0 Å². The number of hydrogen-bond acceptors (Lipinski definition) is 8. The molecule has 0 N–H and O–H groups in total. The lowest BCUT2D eigenvalue weighted by Crippen LogP contribution is -2.06. The molecular formula is C20H19N3O5. The number of pyridine rings is 3. The van der Waals surface area contributed by atoms with E-state index in [-0.39, 0.29) is 11.7 Å². The van der Waals surface area contributed by atoms with Gasteiger partial charge in [-0.15, -0.1) is 0 Å². The van der Waals surface area contributed by atoms with E-state index in [1.165, 1.54) is 21.3 Å². The van der Waals surface area contributed by atoms with E-state index in [4.69, 9.17) is 9.47 Å². The van der Waals surface area contributed by atoms with Crippen LogP contribution < -0.4 is 9.47 Å². The smallest absolute Gasteiger partial charge is 0.343 e. The van der Waals surface area contributed by atoms with E-state index in [0.29, 0.717) is 22.7 Å². The summed E-state index contributed by atoms with van der Waals surface area (Å²) in [5, 5.41) is 0. The average molecular weight is 381 g/mol. The minimum absolute atomic E-state index is 0.189. The molecule has 0 unspecified atom stereocenters. The van der Waals surface area contributed by atoms with Gasteiger partial charge in [-0.25, -0.2) is 14.8 Å². The maximum absolute atomic E-state index is 12.0. The van der Waals surface area contributed by atoms with Gasteiger partial charge in [0.05, 0.1) is 26.9 Å². The Labute approximate surface area is 162 Å². The van der Waals surface area contributed by atoms with Crippen molar-refractivity contribution in [3.05, 3.63) is 77.9 Å². The molecule has 0 aromatic carbocycles. The van der Waals surface area contributed by atoms with Crippen LogP contribution in [0.3, 0.4) is 0 Å². The van der Waals surface area contributed by atoms with Crippen molar-refractivity contribution in [2.45, 2.75) is 0 Å². The van der Waals surface area contributed by atoms with Gasteiger partial charge in [-0.1, -0.05) is 6.07 Å². The summed E-state index contributed by atoms with van der Waals surface area (Å²) in [5.74, 6) is -0.0343. The number of methoxy groups -OCH3 is 3. The summed E-state index contributed by atoms with van der Waals surface area (Å²) < 4.78 is 14.4. The number of carbonyl (C=O) groups is 2. The fraction of sp³-hybridized carbons (Fsp3) is 0.150. The van der Waals surface area contributed by atoms with Crippen molar-refractivity contribution in [2.24, 2.45) is 0 Å². The van der Waals surface area contributed by atoms with Gasteiger partial charge >= 0.3 is 5.97 Å². The van der Waals surface area contributed by atoms with Crippen molar-refractivity contribution >= 4 is 11.8 Å². The monoisotopic (exact) mass is 381 g/mol. The minimum Gasteiger partial charge on any atom is -0.480 e. The number of ether oxygens (including phenoxy) is 3. The van der Waals surface area contributed by atoms with Gasteiger partial charge in [0.25, 0.3) is 0 Å². The zero-order chi connectivity index (χ0) is 20.4. The Balaban J connectivity index is 0.000000209. The predicted molar refractivity (Wildman–Crippen MR) is 101 cm³/mol. The van der Waals surface area contributed by atoms with Crippen LogP contribution in [0.15, 0.2) is 61.1 Å². The fourth-order valence-electron chi connectivity index (χ4n) is 2.18. The summed E-state index contributed by atoms with van der Waals surface area (Å²) >= 11 is 0. The molecule has 0 aliphatic carbocycles. The highest BCUT2D eigenvalue weighted by Crippen LogP contribution is 2.17. The van der Waals surface area contributed by atoms with Crippen molar-refractivity contribution in [1.82, 2.24) is 15.0 Å². The van der Waals surface area contributed by atoms with Crippen molar-refractivity contribution < 1.29 is 23.8 Å². The average Bonchev–Trinajstić information content (AvgIpc) is 2.79. The number of carbonyl (C=O) groups excluding carboxylic acids is 2. The maximum Gasteiger partial charge on any atom is 0.343 e. The molecule has 0 spiro atoms. The molecule has 28 heavy (non-hydrogen) atoms. The summed E-state index contributed by atoms with van der Waals surface area (Å²) in [4.78, 5) is 34.9. The summed E-state index contributed by atoms with van der Waals surface area (Å²) in [6, 6.07) is 11.8. The molecule has 3 heterocycles. The Morgan fingerprint density at radius 3 is 1.82 bits per heavy atom. The number of hydrogen-bond donors (Lipinski definition) is 0. The summed E-state index contributed by atoms with van der Waals surface area (Å²) in [6.07, 6.45) is 4.70. The molecule has 0 bridgehead atoms. The standard InChI is InChI=1S/C12H10N2O2.C8H9NO3/c1-16-12-9(5-4-8-14-12)11(15)10-6-2-3-7-13-10;1-11-7-6(8(10)12-2)4-3-5-9-7/h2-8H,1H3;3-5H,1-2H3. The van der Waals surface area contributed by atoms with Crippen LogP contribution in [0.4, 0.5) is 0 Å². The molecule has 0 saturated heterocycles. The third-order valence-corrected chi connectivity index (χ3v) is 3.48. The van der Waals surface area contributed by atoms with Crippen LogP contribution in [0.1, 0.15) is 26.4 Å². The molecule has 3 rings (SSSR count). The summed E-state index contributed by atoms with van der Waals surface area (Å²) in [7, 11) is 4.25. The third kappa shape index (κ3) is 5.10. The quantitative estimate of drug-likeness (QED) is 0.491. The zero-order valence-electron chi connectivity index (χ0n) is 15.7. The molecule has 8 nitrogen and oxygen atoms in total. The van der Waals surface area contributed by atoms with Gasteiger partial charge in [-0.05, 0) is 36.4 Å². The molecule has 8 heteroatoms. The van der Waals surface area contributed by atoms with Crippen LogP contribution in [-0.4, -0.2) is 48.0 Å². The van der Waals surface area contributed by atoms with Gasteiger partial charge in [0, 0.05) is 18.6 Å². The fourth-order valence-corrected chi connectivity index (χ4v) is 2.18. The summed E-state index contributed by atoms with van der Waals surface area (Å²) in [6.45, 7) is 0. The summed E-state index contributed by atoms with van der Waals surface area (Å²) in [5.41, 5.74) is 1.14. The van der Waals surface area contributed by atoms with E-state index in [2.05, 4.69) is 19.7 Å². The molecule has 0 atom stereocenters. The first-order chi connectivity index (χ1) is 13.6. The van der Waals surface area contributed by atoms with E-state index < -0.39 is 5.97 Å². The molecule has 144 valence electrons. The highest BCUT2D eigenvalue weighted by molar-refractivity contribution is 6.09. The van der Waals surface area contributed by atoms with E-state index in [0.717, 1.165) is 0 Å². The normalized spacial score (nSPS) is 9.54. The van der Waals surface area contributed by atoms with Gasteiger partial charge in [-0.2, -0.15) is 0 Å². The second-order valence-electron chi connectivity index (χ2n) is 5.16. The Kier molecular flexibility index (Phi) is 7.59. The molecule has 3 aromatic rings. The number of ketones is 1. The van der Waals surface area contributed by atoms with Crippen LogP contribution in [0.5, 0.6) is 11.8 Å². The molecular weight excluding hydrogens is 362 g/mol. The second kappa shape index (κ2) is 10.4. The Hall–Kier alpha value is -3.81. The lowest BCUT2D eigenvalue weighted by Gasteiger charge is -2.04. The highest BCUT2D eigenvalue weighted by Gasteiger charge is 2.15. The first-order valence-corrected chi connectivity index (χ1v) is 8.14. The predicted octanol–water partition coefficient (Wildman–Crippen LogP) is 2.59. The lowest BCUT2D eigenvalue weighted by molar-refractivity contribution is 0.0596. The van der Waals surface area contributed by atoms with Crippen LogP contribution in [0, 0.1) is 0 Å². The second-order valence-corrected chi connectivity index (χ2v) is 5.16. The van der Waals surface area contributed by atoms with Gasteiger partial charge in [0.2, 0.25) is 17.5 Å². The third-order valence-electron chi connectivity index (χ3n) is 3.48. The number of esters is 1. The van der Waals surface area contributed by atoms with E-state index in [9.17, 15) is 9.59 Å². The zero-order valence-corrected chi connectivity index (χ0v) is 15.7. The number of aromatic nitrogens is 3. The Bertz CT molecular complexity index is 932. The molecule has 0 fully saturated rings. The largest absolute Gasteiger partial charge is 0.480 e. The van der Waals surface area contributed by atoms with Crippen molar-refractivity contribution in [2.75, 3.05) is 21.3 Å². The first-order valence-electron chi connectivity index (χ1n) is 8.14. The topological polar surface area (TPSA) is 101 Å². The van der Waals surface area contributed by atoms with E-state index >= 15 is 0 Å². The van der Waals surface area contributed by atoms with Gasteiger partial charge < -0.3 is 14.2 Å². The molecule has 0 radical (unpaired) electrons. The Morgan fingerprint density at radius 1 is 0.714 bits per heavy atom. The maximum atomic E-state index is 12.0. The molecule has 0 aliphatic heterocycles. The van der Waals surface area contributed by atoms with Crippen molar-refractivity contribution in [3.8, 4) is 11.8 Å². The van der Waals surface area contributed by atoms with Crippen LogP contribution in [0.25, 0.3) is 0 Å². The Morgan fingerprint density at radius 2 is 1.29 bits per heavy atom. The van der Waals surface area contributed by atoms with Gasteiger partial charge in [0.1, 0.15) is 11.3 Å². The highest BCUT2D eigenvalue weighted by atomic mass is 16.5. The SMILES string of the molecule is COC(=O)c1cccnc1OC.COc1ncccc1C(=O)c1ccccn1. The van der Waals surface area contributed by atoms with Gasteiger partial charge in [-0.3, -0.25) is 9.78 Å². The van der Waals surface area contributed by atoms with Crippen LogP contribution >= 0.6 is 0 Å². The molecule has 0 saturated carbocycles. The molecule has 0 aliphatic rings. The number of nitrogens with zero attached hydrogens (tertiary/aromatic N) is 3. The molecule has 3 aromatic heterocycles. The molecule has 0 amide bonds. The van der Waals surface area contributed by atoms with Crippen molar-refractivity contribution in [1.29, 1.82) is 0 Å². The first kappa shape index (κ1) is 20.5.